The van der Waals surface area contributed by atoms with Gasteiger partial charge in [0.1, 0.15) is 23.5 Å². The molecule has 7 rings (SSSR count). The van der Waals surface area contributed by atoms with Gasteiger partial charge in [-0.3, -0.25) is 34.2 Å². The molecule has 3 heterocycles. The number of unbranched alkanes of at least 4 members (excludes halogenated alkanes) is 3. The molecule has 62 heavy (non-hydrogen) atoms. The van der Waals surface area contributed by atoms with Crippen LogP contribution in [0.25, 0.3) is 10.9 Å². The van der Waals surface area contributed by atoms with Crippen molar-refractivity contribution in [2.75, 3.05) is 44.5 Å². The SMILES string of the molecule is COc1cc2nc(C)nc(N[C@H](C)c3cccc(C(F)F)c3F)c2cc1OCC1(CN(C)C(=O)CCCCCCNc2cccc3c2C(=O)N(C2CCC(=O)NC2=O)C3=O)CC1. The minimum absolute atomic E-state index is 0.0363. The Hall–Kier alpha value is -6.26. The number of piperidine rings is 1. The number of aromatic nitrogens is 2. The lowest BCUT2D eigenvalue weighted by Gasteiger charge is -2.27. The minimum Gasteiger partial charge on any atom is -0.493 e. The van der Waals surface area contributed by atoms with Crippen molar-refractivity contribution < 1.29 is 46.6 Å². The highest BCUT2D eigenvalue weighted by Gasteiger charge is 2.46. The average Bonchev–Trinajstić information content (AvgIpc) is 3.95. The molecule has 3 aliphatic rings. The van der Waals surface area contributed by atoms with Crippen LogP contribution in [0, 0.1) is 18.2 Å². The summed E-state index contributed by atoms with van der Waals surface area (Å²) in [4.78, 5) is 75.5. The van der Waals surface area contributed by atoms with Gasteiger partial charge in [-0.2, -0.15) is 0 Å². The van der Waals surface area contributed by atoms with Crippen molar-refractivity contribution in [2.45, 2.75) is 90.1 Å². The Balaban J connectivity index is 0.879. The second kappa shape index (κ2) is 18.4. The maximum Gasteiger partial charge on any atom is 0.266 e. The second-order valence-corrected chi connectivity index (χ2v) is 16.4. The quantitative estimate of drug-likeness (QED) is 0.0640. The molecule has 0 spiro atoms. The first-order chi connectivity index (χ1) is 29.7. The third-order valence-corrected chi connectivity index (χ3v) is 11.8. The van der Waals surface area contributed by atoms with Gasteiger partial charge in [-0.15, -0.1) is 0 Å². The van der Waals surface area contributed by atoms with Crippen molar-refractivity contribution >= 4 is 51.9 Å². The van der Waals surface area contributed by atoms with Crippen molar-refractivity contribution in [3.8, 4) is 11.5 Å². The highest BCUT2D eigenvalue weighted by molar-refractivity contribution is 6.25. The maximum absolute atomic E-state index is 15.0. The predicted octanol–water partition coefficient (Wildman–Crippen LogP) is 7.28. The number of hydrogen-bond donors (Lipinski definition) is 3. The van der Waals surface area contributed by atoms with Crippen molar-refractivity contribution in [3.63, 3.8) is 0 Å². The summed E-state index contributed by atoms with van der Waals surface area (Å²) in [5.41, 5.74) is 0.686. The second-order valence-electron chi connectivity index (χ2n) is 16.4. The van der Waals surface area contributed by atoms with E-state index in [2.05, 4.69) is 25.9 Å². The molecule has 2 atom stereocenters. The van der Waals surface area contributed by atoms with Gasteiger partial charge in [0, 0.05) is 61.1 Å². The van der Waals surface area contributed by atoms with Crippen LogP contribution in [0.3, 0.4) is 0 Å². The topological polar surface area (TPSA) is 172 Å². The monoisotopic (exact) mass is 857 g/mol. The number of fused-ring (bicyclic) bond motifs is 2. The molecule has 2 aliphatic heterocycles. The van der Waals surface area contributed by atoms with Crippen LogP contribution in [0.5, 0.6) is 11.5 Å². The molecule has 1 saturated carbocycles. The summed E-state index contributed by atoms with van der Waals surface area (Å²) >= 11 is 0. The van der Waals surface area contributed by atoms with Gasteiger partial charge in [-0.1, -0.05) is 37.1 Å². The summed E-state index contributed by atoms with van der Waals surface area (Å²) in [5.74, 6) is -1.41. The third kappa shape index (κ3) is 9.31. The molecular weight excluding hydrogens is 808 g/mol. The number of anilines is 2. The fourth-order valence-corrected chi connectivity index (χ4v) is 8.17. The van der Waals surface area contributed by atoms with E-state index >= 15 is 4.39 Å². The first-order valence-electron chi connectivity index (χ1n) is 20.8. The van der Waals surface area contributed by atoms with E-state index < -0.39 is 53.5 Å². The van der Waals surface area contributed by atoms with Crippen LogP contribution in [0.4, 0.5) is 24.7 Å². The number of methoxy groups -OCH3 is 1. The van der Waals surface area contributed by atoms with E-state index in [1.807, 2.05) is 0 Å². The number of nitrogens with one attached hydrogen (secondary N) is 3. The van der Waals surface area contributed by atoms with E-state index in [0.717, 1.165) is 43.1 Å². The number of carbonyl (C=O) groups is 5. The van der Waals surface area contributed by atoms with Gasteiger partial charge in [0.2, 0.25) is 17.7 Å². The summed E-state index contributed by atoms with van der Waals surface area (Å²) in [7, 11) is 3.32. The summed E-state index contributed by atoms with van der Waals surface area (Å²) in [5, 5.41) is 9.22. The summed E-state index contributed by atoms with van der Waals surface area (Å²) in [6.07, 6.45) is 2.46. The molecule has 328 valence electrons. The van der Waals surface area contributed by atoms with Gasteiger partial charge in [-0.05, 0) is 64.2 Å². The highest BCUT2D eigenvalue weighted by atomic mass is 19.3. The molecule has 1 aromatic heterocycles. The van der Waals surface area contributed by atoms with Crippen LogP contribution in [0.2, 0.25) is 0 Å². The van der Waals surface area contributed by atoms with Gasteiger partial charge in [0.25, 0.3) is 18.2 Å². The summed E-state index contributed by atoms with van der Waals surface area (Å²) < 4.78 is 53.9. The lowest BCUT2D eigenvalue weighted by atomic mass is 10.0. The van der Waals surface area contributed by atoms with Gasteiger partial charge < -0.3 is 25.0 Å². The molecule has 1 aliphatic carbocycles. The Morgan fingerprint density at radius 1 is 1.00 bits per heavy atom. The largest absolute Gasteiger partial charge is 0.493 e. The number of ether oxygens (including phenoxy) is 2. The Labute approximate surface area is 356 Å². The van der Waals surface area contributed by atoms with Crippen molar-refractivity contribution in [3.05, 3.63) is 82.4 Å². The molecule has 2 fully saturated rings. The summed E-state index contributed by atoms with van der Waals surface area (Å²) in [6, 6.07) is 10.6. The number of nitrogens with zero attached hydrogens (tertiary/aromatic N) is 4. The van der Waals surface area contributed by atoms with Crippen molar-refractivity contribution in [1.82, 2.24) is 25.1 Å². The zero-order valence-electron chi connectivity index (χ0n) is 35.1. The molecule has 4 aromatic rings. The molecule has 14 nitrogen and oxygen atoms in total. The van der Waals surface area contributed by atoms with E-state index in [-0.39, 0.29) is 40.9 Å². The van der Waals surface area contributed by atoms with Gasteiger partial charge >= 0.3 is 0 Å². The molecule has 5 amide bonds. The van der Waals surface area contributed by atoms with Crippen LogP contribution >= 0.6 is 0 Å². The number of imide groups is 2. The number of halogens is 3. The highest BCUT2D eigenvalue weighted by Crippen LogP contribution is 2.47. The summed E-state index contributed by atoms with van der Waals surface area (Å²) in [6.45, 7) is 4.77. The lowest BCUT2D eigenvalue weighted by Crippen LogP contribution is -2.54. The van der Waals surface area contributed by atoms with Crippen LogP contribution in [-0.4, -0.2) is 89.2 Å². The normalized spacial score (nSPS) is 17.2. The number of benzene rings is 3. The van der Waals surface area contributed by atoms with Crippen LogP contribution < -0.4 is 25.4 Å². The Kier molecular flexibility index (Phi) is 13.0. The number of rotatable bonds is 19. The lowest BCUT2D eigenvalue weighted by molar-refractivity contribution is -0.136. The first kappa shape index (κ1) is 43.8. The van der Waals surface area contributed by atoms with E-state index in [1.165, 1.54) is 19.2 Å². The van der Waals surface area contributed by atoms with E-state index in [4.69, 9.17) is 9.47 Å². The predicted molar refractivity (Wildman–Crippen MR) is 224 cm³/mol. The number of amides is 5. The van der Waals surface area contributed by atoms with Gasteiger partial charge in [-0.25, -0.2) is 23.1 Å². The standard InChI is InChI=1S/C45H50F3N7O7/c1-25(27-11-9-13-29(39(27)46)40(47)48)50-41-30-21-35(34(61-4)22-32(30)51-26(2)52-41)62-24-45(18-19-45)23-54(3)37(57)15-7-5-6-8-20-49-31-14-10-12-28-38(31)44(60)55(43(28)59)33-16-17-36(56)53-42(33)58/h9-14,21-22,25,33,40,49H,5-8,15-20,23-24H2,1-4H3,(H,50,51,52)(H,53,56,58)/t25-,33?/m1/s1. The van der Waals surface area contributed by atoms with Crippen LogP contribution in [0.15, 0.2) is 48.5 Å². The molecular formula is C45H50F3N7O7. The number of hydrogen-bond acceptors (Lipinski definition) is 11. The molecule has 0 bridgehead atoms. The van der Waals surface area contributed by atoms with Gasteiger partial charge in [0.05, 0.1) is 42.0 Å². The maximum atomic E-state index is 15.0. The Bertz CT molecular complexity index is 2410. The molecule has 1 saturated heterocycles. The Morgan fingerprint density at radius 3 is 2.47 bits per heavy atom. The molecule has 1 unspecified atom stereocenters. The smallest absolute Gasteiger partial charge is 0.266 e. The van der Waals surface area contributed by atoms with E-state index in [1.54, 1.807) is 56.1 Å². The van der Waals surface area contributed by atoms with Crippen molar-refractivity contribution in [2.24, 2.45) is 5.41 Å². The van der Waals surface area contributed by atoms with Crippen LogP contribution in [-0.2, 0) is 14.4 Å². The number of carbonyl (C=O) groups excluding carboxylic acids is 5. The fraction of sp³-hybridized carbons (Fsp3) is 0.444. The third-order valence-electron chi connectivity index (χ3n) is 11.8. The van der Waals surface area contributed by atoms with Crippen LogP contribution in [0.1, 0.15) is 115 Å². The van der Waals surface area contributed by atoms with E-state index in [9.17, 15) is 32.8 Å². The Morgan fingerprint density at radius 2 is 1.74 bits per heavy atom. The number of alkyl halides is 2. The fourth-order valence-electron chi connectivity index (χ4n) is 8.17. The van der Waals surface area contributed by atoms with Crippen molar-refractivity contribution in [1.29, 1.82) is 0 Å². The molecule has 0 radical (unpaired) electrons. The average molecular weight is 858 g/mol. The first-order valence-corrected chi connectivity index (χ1v) is 20.8. The van der Waals surface area contributed by atoms with E-state index in [0.29, 0.717) is 72.3 Å². The molecule has 3 N–H and O–H groups in total. The number of aryl methyl sites for hydroxylation is 1. The zero-order chi connectivity index (χ0) is 44.3. The van der Waals surface area contributed by atoms with Gasteiger partial charge in [0.15, 0.2) is 11.5 Å². The molecule has 3 aromatic carbocycles. The molecule has 17 heteroatoms. The zero-order valence-corrected chi connectivity index (χ0v) is 35.1. The minimum atomic E-state index is -2.95.